The fourth-order valence-corrected chi connectivity index (χ4v) is 2.19. The number of nitrogens with two attached hydrogens (primary N) is 1. The van der Waals surface area contributed by atoms with Crippen LogP contribution in [0.4, 0.5) is 13.2 Å². The van der Waals surface area contributed by atoms with Crippen molar-refractivity contribution < 1.29 is 17.9 Å². The molecular formula is C13H16F3NO. The fourth-order valence-electron chi connectivity index (χ4n) is 2.19. The summed E-state index contributed by atoms with van der Waals surface area (Å²) in [6.07, 6.45) is -0.305. The van der Waals surface area contributed by atoms with Crippen LogP contribution in [0.3, 0.4) is 0 Å². The summed E-state index contributed by atoms with van der Waals surface area (Å²) in [6, 6.07) is 4.71. The first-order chi connectivity index (χ1) is 8.39. The van der Waals surface area contributed by atoms with Crippen molar-refractivity contribution in [2.75, 3.05) is 6.61 Å². The van der Waals surface area contributed by atoms with E-state index in [4.69, 9.17) is 10.5 Å². The zero-order valence-corrected chi connectivity index (χ0v) is 9.96. The Labute approximate surface area is 104 Å². The Hall–Kier alpha value is -1.23. The van der Waals surface area contributed by atoms with Gasteiger partial charge in [0.25, 0.3) is 0 Å². The molecule has 0 unspecified atom stereocenters. The SMILES string of the molecule is NC1(COc2ccc(C(F)(F)F)cc2)CCCC1. The van der Waals surface area contributed by atoms with Crippen molar-refractivity contribution in [1.29, 1.82) is 0 Å². The van der Waals surface area contributed by atoms with Crippen molar-refractivity contribution >= 4 is 0 Å². The molecule has 5 heteroatoms. The highest BCUT2D eigenvalue weighted by Crippen LogP contribution is 2.31. The molecule has 1 aromatic rings. The highest BCUT2D eigenvalue weighted by Gasteiger charge is 2.31. The van der Waals surface area contributed by atoms with E-state index in [0.717, 1.165) is 37.8 Å². The molecule has 0 atom stereocenters. The topological polar surface area (TPSA) is 35.2 Å². The average Bonchev–Trinajstić information content (AvgIpc) is 2.74. The van der Waals surface area contributed by atoms with Crippen LogP contribution in [0.5, 0.6) is 5.75 Å². The normalized spacial score (nSPS) is 18.9. The van der Waals surface area contributed by atoms with Gasteiger partial charge in [0.05, 0.1) is 11.1 Å². The van der Waals surface area contributed by atoms with Gasteiger partial charge in [0, 0.05) is 0 Å². The second-order valence-electron chi connectivity index (χ2n) is 4.88. The molecule has 0 heterocycles. The molecule has 100 valence electrons. The van der Waals surface area contributed by atoms with Crippen molar-refractivity contribution in [3.8, 4) is 5.75 Å². The zero-order valence-electron chi connectivity index (χ0n) is 9.96. The molecule has 1 aliphatic rings. The van der Waals surface area contributed by atoms with E-state index in [0.29, 0.717) is 12.4 Å². The number of hydrogen-bond acceptors (Lipinski definition) is 2. The maximum atomic E-state index is 12.4. The van der Waals surface area contributed by atoms with E-state index in [1.165, 1.54) is 12.1 Å². The molecule has 18 heavy (non-hydrogen) atoms. The molecule has 0 aliphatic heterocycles. The third-order valence-electron chi connectivity index (χ3n) is 3.31. The van der Waals surface area contributed by atoms with Crippen molar-refractivity contribution in [1.82, 2.24) is 0 Å². The largest absolute Gasteiger partial charge is 0.492 e. The smallest absolute Gasteiger partial charge is 0.416 e. The predicted molar refractivity (Wildman–Crippen MR) is 62.3 cm³/mol. The lowest BCUT2D eigenvalue weighted by Gasteiger charge is -2.23. The number of benzene rings is 1. The van der Waals surface area contributed by atoms with Gasteiger partial charge >= 0.3 is 6.18 Å². The van der Waals surface area contributed by atoms with Crippen LogP contribution in [0.2, 0.25) is 0 Å². The van der Waals surface area contributed by atoms with Crippen molar-refractivity contribution in [3.05, 3.63) is 29.8 Å². The number of hydrogen-bond donors (Lipinski definition) is 1. The Morgan fingerprint density at radius 2 is 1.67 bits per heavy atom. The standard InChI is InChI=1S/C13H16F3NO/c14-13(15,16)10-3-5-11(6-4-10)18-9-12(17)7-1-2-8-12/h3-6H,1-2,7-9,17H2. The summed E-state index contributed by atoms with van der Waals surface area (Å²) in [6.45, 7) is 0.359. The predicted octanol–water partition coefficient (Wildman–Crippen LogP) is 3.36. The monoisotopic (exact) mass is 259 g/mol. The van der Waals surface area contributed by atoms with Gasteiger partial charge in [0.15, 0.2) is 0 Å². The third-order valence-corrected chi connectivity index (χ3v) is 3.31. The lowest BCUT2D eigenvalue weighted by Crippen LogP contribution is -2.42. The van der Waals surface area contributed by atoms with Crippen molar-refractivity contribution in [3.63, 3.8) is 0 Å². The van der Waals surface area contributed by atoms with E-state index < -0.39 is 11.7 Å². The molecule has 0 saturated heterocycles. The number of rotatable bonds is 3. The average molecular weight is 259 g/mol. The zero-order chi connectivity index (χ0) is 13.2. The van der Waals surface area contributed by atoms with Gasteiger partial charge in [0.2, 0.25) is 0 Å². The minimum atomic E-state index is -4.31. The number of halogens is 3. The summed E-state index contributed by atoms with van der Waals surface area (Å²) in [5.41, 5.74) is 5.12. The van der Waals surface area contributed by atoms with E-state index in [1.54, 1.807) is 0 Å². The quantitative estimate of drug-likeness (QED) is 0.903. The van der Waals surface area contributed by atoms with Crippen LogP contribution in [0.1, 0.15) is 31.2 Å². The van der Waals surface area contributed by atoms with Crippen LogP contribution in [-0.4, -0.2) is 12.1 Å². The van der Waals surface area contributed by atoms with Crippen molar-refractivity contribution in [2.24, 2.45) is 5.73 Å². The Kier molecular flexibility index (Phi) is 3.52. The molecule has 0 radical (unpaired) electrons. The van der Waals surface area contributed by atoms with Crippen LogP contribution < -0.4 is 10.5 Å². The summed E-state index contributed by atoms with van der Waals surface area (Å²) >= 11 is 0. The molecule has 1 aromatic carbocycles. The van der Waals surface area contributed by atoms with Crippen LogP contribution in [0.15, 0.2) is 24.3 Å². The molecule has 1 fully saturated rings. The first-order valence-electron chi connectivity index (χ1n) is 5.98. The summed E-state index contributed by atoms with van der Waals surface area (Å²) in [5.74, 6) is 0.430. The molecule has 2 rings (SSSR count). The molecule has 0 amide bonds. The second kappa shape index (κ2) is 4.80. The Bertz CT molecular complexity index is 394. The highest BCUT2D eigenvalue weighted by atomic mass is 19.4. The van der Waals surface area contributed by atoms with E-state index >= 15 is 0 Å². The van der Waals surface area contributed by atoms with Gasteiger partial charge in [-0.3, -0.25) is 0 Å². The molecular weight excluding hydrogens is 243 g/mol. The minimum absolute atomic E-state index is 0.317. The van der Waals surface area contributed by atoms with Crippen LogP contribution >= 0.6 is 0 Å². The lowest BCUT2D eigenvalue weighted by atomic mass is 10.0. The van der Waals surface area contributed by atoms with Gasteiger partial charge in [-0.15, -0.1) is 0 Å². The van der Waals surface area contributed by atoms with Gasteiger partial charge in [-0.1, -0.05) is 12.8 Å². The van der Waals surface area contributed by atoms with E-state index in [2.05, 4.69) is 0 Å². The third kappa shape index (κ3) is 3.16. The van der Waals surface area contributed by atoms with Gasteiger partial charge in [-0.05, 0) is 37.1 Å². The van der Waals surface area contributed by atoms with Gasteiger partial charge in [-0.2, -0.15) is 13.2 Å². The van der Waals surface area contributed by atoms with E-state index in [-0.39, 0.29) is 5.54 Å². The summed E-state index contributed by atoms with van der Waals surface area (Å²) in [7, 11) is 0. The Balaban J connectivity index is 1.94. The molecule has 1 saturated carbocycles. The van der Waals surface area contributed by atoms with E-state index in [9.17, 15) is 13.2 Å². The van der Waals surface area contributed by atoms with Crippen LogP contribution in [0, 0.1) is 0 Å². The first kappa shape index (κ1) is 13.2. The Morgan fingerprint density at radius 3 is 2.17 bits per heavy atom. The summed E-state index contributed by atoms with van der Waals surface area (Å²) < 4.78 is 42.5. The van der Waals surface area contributed by atoms with Crippen LogP contribution in [0.25, 0.3) is 0 Å². The fraction of sp³-hybridized carbons (Fsp3) is 0.538. The van der Waals surface area contributed by atoms with Gasteiger partial charge in [-0.25, -0.2) is 0 Å². The second-order valence-corrected chi connectivity index (χ2v) is 4.88. The summed E-state index contributed by atoms with van der Waals surface area (Å²) in [4.78, 5) is 0. The van der Waals surface area contributed by atoms with E-state index in [1.807, 2.05) is 0 Å². The molecule has 0 aromatic heterocycles. The molecule has 0 spiro atoms. The molecule has 2 N–H and O–H groups in total. The molecule has 1 aliphatic carbocycles. The molecule has 0 bridgehead atoms. The van der Waals surface area contributed by atoms with Gasteiger partial charge in [0.1, 0.15) is 12.4 Å². The van der Waals surface area contributed by atoms with Gasteiger partial charge < -0.3 is 10.5 Å². The minimum Gasteiger partial charge on any atom is -0.492 e. The molecule has 2 nitrogen and oxygen atoms in total. The highest BCUT2D eigenvalue weighted by molar-refractivity contribution is 5.29. The Morgan fingerprint density at radius 1 is 1.11 bits per heavy atom. The maximum Gasteiger partial charge on any atom is 0.416 e. The summed E-state index contributed by atoms with van der Waals surface area (Å²) in [5, 5.41) is 0. The maximum absolute atomic E-state index is 12.4. The van der Waals surface area contributed by atoms with Crippen LogP contribution in [-0.2, 0) is 6.18 Å². The number of ether oxygens (including phenoxy) is 1. The van der Waals surface area contributed by atoms with Crippen molar-refractivity contribution in [2.45, 2.75) is 37.4 Å². The number of alkyl halides is 3. The first-order valence-corrected chi connectivity index (χ1v) is 5.98. The lowest BCUT2D eigenvalue weighted by molar-refractivity contribution is -0.137.